The van der Waals surface area contributed by atoms with E-state index in [1.165, 1.54) is 0 Å². The average Bonchev–Trinajstić information content (AvgIpc) is 2.86. The molecule has 0 atom stereocenters. The van der Waals surface area contributed by atoms with E-state index in [1.54, 1.807) is 11.8 Å². The number of hydrogen-bond acceptors (Lipinski definition) is 5. The summed E-state index contributed by atoms with van der Waals surface area (Å²) >= 11 is 7.40. The van der Waals surface area contributed by atoms with Crippen LogP contribution < -0.4 is 0 Å². The van der Waals surface area contributed by atoms with Crippen molar-refractivity contribution in [1.82, 2.24) is 10.1 Å². The number of aliphatic carboxylic acids is 1. The predicted octanol–water partition coefficient (Wildman–Crippen LogP) is 3.42. The van der Waals surface area contributed by atoms with Crippen molar-refractivity contribution in [2.45, 2.75) is 29.9 Å². The van der Waals surface area contributed by atoms with E-state index in [0.29, 0.717) is 35.3 Å². The van der Waals surface area contributed by atoms with Gasteiger partial charge < -0.3 is 9.63 Å². The van der Waals surface area contributed by atoms with Crippen molar-refractivity contribution in [3.8, 4) is 0 Å². The molecule has 0 amide bonds. The van der Waals surface area contributed by atoms with Gasteiger partial charge in [-0.1, -0.05) is 16.8 Å². The number of thioether (sulfide) groups is 1. The van der Waals surface area contributed by atoms with E-state index in [4.69, 9.17) is 21.2 Å². The highest BCUT2D eigenvalue weighted by molar-refractivity contribution is 7.98. The number of nitrogens with zero attached hydrogens (tertiary/aromatic N) is 2. The lowest BCUT2D eigenvalue weighted by Crippen LogP contribution is -1.96. The molecule has 0 bridgehead atoms. The third kappa shape index (κ3) is 4.86. The van der Waals surface area contributed by atoms with Crippen LogP contribution in [0.4, 0.5) is 0 Å². The summed E-state index contributed by atoms with van der Waals surface area (Å²) in [6, 6.07) is 7.52. The van der Waals surface area contributed by atoms with Gasteiger partial charge in [0.05, 0.1) is 5.75 Å². The van der Waals surface area contributed by atoms with Gasteiger partial charge in [-0.3, -0.25) is 4.79 Å². The van der Waals surface area contributed by atoms with Gasteiger partial charge in [0.2, 0.25) is 5.89 Å². The Morgan fingerprint density at radius 1 is 1.35 bits per heavy atom. The second-order valence-electron chi connectivity index (χ2n) is 4.09. The van der Waals surface area contributed by atoms with Crippen LogP contribution in [0.3, 0.4) is 0 Å². The van der Waals surface area contributed by atoms with E-state index >= 15 is 0 Å². The monoisotopic (exact) mass is 312 g/mol. The number of benzene rings is 1. The standard InChI is InChI=1S/C13H13ClN2O3S/c14-9-4-6-10(7-5-9)20-8-11-15-12(19-16-11)2-1-3-13(17)18/h4-7H,1-3,8H2,(H,17,18). The Kier molecular flexibility index (Phi) is 5.43. The smallest absolute Gasteiger partial charge is 0.303 e. The molecule has 2 aromatic rings. The molecule has 1 N–H and O–H groups in total. The fraction of sp³-hybridized carbons (Fsp3) is 0.308. The number of carboxylic acids is 1. The molecule has 0 unspecified atom stereocenters. The topological polar surface area (TPSA) is 76.2 Å². The third-order valence-electron chi connectivity index (χ3n) is 2.47. The Labute approximate surface area is 125 Å². The minimum Gasteiger partial charge on any atom is -0.481 e. The quantitative estimate of drug-likeness (QED) is 0.789. The van der Waals surface area contributed by atoms with Gasteiger partial charge in [0.1, 0.15) is 0 Å². The molecule has 0 radical (unpaired) electrons. The highest BCUT2D eigenvalue weighted by Crippen LogP contribution is 2.23. The predicted molar refractivity (Wildman–Crippen MR) is 75.9 cm³/mol. The average molecular weight is 313 g/mol. The summed E-state index contributed by atoms with van der Waals surface area (Å²) in [7, 11) is 0. The molecule has 20 heavy (non-hydrogen) atoms. The normalized spacial score (nSPS) is 10.7. The molecule has 0 saturated carbocycles. The maximum atomic E-state index is 10.4. The van der Waals surface area contributed by atoms with Crippen LogP contribution in [0.2, 0.25) is 5.02 Å². The van der Waals surface area contributed by atoms with E-state index in [1.807, 2.05) is 24.3 Å². The maximum Gasteiger partial charge on any atom is 0.303 e. The largest absolute Gasteiger partial charge is 0.481 e. The van der Waals surface area contributed by atoms with Crippen LogP contribution in [0.5, 0.6) is 0 Å². The van der Waals surface area contributed by atoms with Crippen LogP contribution in [0.15, 0.2) is 33.7 Å². The third-order valence-corrected chi connectivity index (χ3v) is 3.73. The Morgan fingerprint density at radius 2 is 2.10 bits per heavy atom. The van der Waals surface area contributed by atoms with E-state index in [2.05, 4.69) is 10.1 Å². The van der Waals surface area contributed by atoms with Crippen LogP contribution in [0.1, 0.15) is 24.6 Å². The molecular weight excluding hydrogens is 300 g/mol. The molecule has 1 heterocycles. The van der Waals surface area contributed by atoms with Crippen LogP contribution in [-0.4, -0.2) is 21.2 Å². The highest BCUT2D eigenvalue weighted by Gasteiger charge is 2.07. The highest BCUT2D eigenvalue weighted by atomic mass is 35.5. The fourth-order valence-corrected chi connectivity index (χ4v) is 2.39. The summed E-state index contributed by atoms with van der Waals surface area (Å²) in [4.78, 5) is 15.7. The molecule has 0 aliphatic rings. The first-order valence-electron chi connectivity index (χ1n) is 6.05. The van der Waals surface area contributed by atoms with Crippen molar-refractivity contribution in [2.75, 3.05) is 0 Å². The van der Waals surface area contributed by atoms with Crippen molar-refractivity contribution in [1.29, 1.82) is 0 Å². The lowest BCUT2D eigenvalue weighted by molar-refractivity contribution is -0.137. The number of carboxylic acid groups (broad SMARTS) is 1. The first kappa shape index (κ1) is 14.9. The number of hydrogen-bond donors (Lipinski definition) is 1. The molecule has 5 nitrogen and oxygen atoms in total. The zero-order valence-corrected chi connectivity index (χ0v) is 12.2. The molecule has 2 rings (SSSR count). The van der Waals surface area contributed by atoms with Crippen molar-refractivity contribution < 1.29 is 14.4 Å². The van der Waals surface area contributed by atoms with Crippen molar-refractivity contribution >= 4 is 29.3 Å². The Morgan fingerprint density at radius 3 is 2.80 bits per heavy atom. The van der Waals surface area contributed by atoms with Gasteiger partial charge >= 0.3 is 5.97 Å². The summed E-state index contributed by atoms with van der Waals surface area (Å²) in [6.07, 6.45) is 1.10. The SMILES string of the molecule is O=C(O)CCCc1nc(CSc2ccc(Cl)cc2)no1. The number of halogens is 1. The molecule has 0 aliphatic carbocycles. The van der Waals surface area contributed by atoms with E-state index in [0.717, 1.165) is 4.90 Å². The van der Waals surface area contributed by atoms with Gasteiger partial charge in [0, 0.05) is 22.8 Å². The number of aromatic nitrogens is 2. The van der Waals surface area contributed by atoms with Gasteiger partial charge in [-0.15, -0.1) is 11.8 Å². The Bertz CT molecular complexity index is 571. The van der Waals surface area contributed by atoms with Gasteiger partial charge in [0.15, 0.2) is 5.82 Å². The van der Waals surface area contributed by atoms with Crippen molar-refractivity contribution in [3.63, 3.8) is 0 Å². The van der Waals surface area contributed by atoms with Gasteiger partial charge in [0.25, 0.3) is 0 Å². The zero-order chi connectivity index (χ0) is 14.4. The first-order chi connectivity index (χ1) is 9.63. The molecule has 1 aromatic carbocycles. The van der Waals surface area contributed by atoms with Crippen LogP contribution >= 0.6 is 23.4 Å². The van der Waals surface area contributed by atoms with Gasteiger partial charge in [-0.25, -0.2) is 0 Å². The second kappa shape index (κ2) is 7.31. The van der Waals surface area contributed by atoms with E-state index < -0.39 is 5.97 Å². The lowest BCUT2D eigenvalue weighted by Gasteiger charge is -1.97. The minimum absolute atomic E-state index is 0.108. The van der Waals surface area contributed by atoms with Gasteiger partial charge in [-0.2, -0.15) is 4.98 Å². The lowest BCUT2D eigenvalue weighted by atomic mass is 10.2. The van der Waals surface area contributed by atoms with E-state index in [-0.39, 0.29) is 6.42 Å². The van der Waals surface area contributed by atoms with Crippen molar-refractivity contribution in [2.24, 2.45) is 0 Å². The Hall–Kier alpha value is -1.53. The summed E-state index contributed by atoms with van der Waals surface area (Å²) in [5, 5.41) is 13.1. The molecule has 0 aliphatic heterocycles. The maximum absolute atomic E-state index is 10.4. The summed E-state index contributed by atoms with van der Waals surface area (Å²) < 4.78 is 5.07. The van der Waals surface area contributed by atoms with E-state index in [9.17, 15) is 4.79 Å². The minimum atomic E-state index is -0.817. The van der Waals surface area contributed by atoms with Crippen LogP contribution in [-0.2, 0) is 17.0 Å². The molecule has 0 spiro atoms. The molecule has 0 saturated heterocycles. The Balaban J connectivity index is 1.80. The first-order valence-corrected chi connectivity index (χ1v) is 7.41. The van der Waals surface area contributed by atoms with Crippen LogP contribution in [0.25, 0.3) is 0 Å². The molecule has 106 valence electrons. The summed E-state index contributed by atoms with van der Waals surface area (Å²) in [5.41, 5.74) is 0. The number of rotatable bonds is 7. The van der Waals surface area contributed by atoms with Crippen LogP contribution in [0, 0.1) is 0 Å². The summed E-state index contributed by atoms with van der Waals surface area (Å²) in [5.74, 6) is 0.876. The molecule has 1 aromatic heterocycles. The number of carbonyl (C=O) groups is 1. The zero-order valence-electron chi connectivity index (χ0n) is 10.6. The molecule has 7 heteroatoms. The fourth-order valence-electron chi connectivity index (χ4n) is 1.52. The summed E-state index contributed by atoms with van der Waals surface area (Å²) in [6.45, 7) is 0. The van der Waals surface area contributed by atoms with Crippen molar-refractivity contribution in [3.05, 3.63) is 41.0 Å². The second-order valence-corrected chi connectivity index (χ2v) is 5.58. The van der Waals surface area contributed by atoms with Gasteiger partial charge in [-0.05, 0) is 30.7 Å². The molecular formula is C13H13ClN2O3S. The molecule has 0 fully saturated rings. The number of aryl methyl sites for hydroxylation is 1.